The maximum Gasteiger partial charge on any atom is 0.136 e. The van der Waals surface area contributed by atoms with Crippen LogP contribution < -0.4 is 4.74 Å². The van der Waals surface area contributed by atoms with Crippen LogP contribution in [-0.2, 0) is 0 Å². The predicted molar refractivity (Wildman–Crippen MR) is 79.1 cm³/mol. The van der Waals surface area contributed by atoms with Crippen molar-refractivity contribution in [1.29, 1.82) is 0 Å². The highest BCUT2D eigenvalue weighted by atomic mass is 35.5. The third-order valence-corrected chi connectivity index (χ3v) is 3.48. The molecule has 2 aromatic carbocycles. The van der Waals surface area contributed by atoms with E-state index in [4.69, 9.17) is 16.3 Å². The third-order valence-electron chi connectivity index (χ3n) is 2.64. The molecule has 0 atom stereocenters. The minimum Gasteiger partial charge on any atom is -0.457 e. The van der Waals surface area contributed by atoms with Crippen LogP contribution in [0.15, 0.2) is 59.4 Å². The van der Waals surface area contributed by atoms with Crippen molar-refractivity contribution < 1.29 is 4.74 Å². The molecule has 0 spiro atoms. The molecule has 0 amide bonds. The molecule has 0 unspecified atom stereocenters. The summed E-state index contributed by atoms with van der Waals surface area (Å²) in [6.45, 7) is 0. The zero-order valence-corrected chi connectivity index (χ0v) is 11.5. The fraction of sp³-hybridized carbons (Fsp3) is 0. The van der Waals surface area contributed by atoms with Gasteiger partial charge in [-0.2, -0.15) is 0 Å². The van der Waals surface area contributed by atoms with Gasteiger partial charge in [0.2, 0.25) is 0 Å². The van der Waals surface area contributed by atoms with Crippen molar-refractivity contribution in [3.63, 3.8) is 0 Å². The fourth-order valence-electron chi connectivity index (χ4n) is 1.74. The van der Waals surface area contributed by atoms with Gasteiger partial charge in [-0.1, -0.05) is 23.7 Å². The smallest absolute Gasteiger partial charge is 0.136 e. The van der Waals surface area contributed by atoms with E-state index in [9.17, 15) is 0 Å². The van der Waals surface area contributed by atoms with Gasteiger partial charge in [0.05, 0.1) is 11.2 Å². The van der Waals surface area contributed by atoms with Crippen LogP contribution in [0.1, 0.15) is 0 Å². The third kappa shape index (κ3) is 2.78. The molecule has 0 aliphatic heterocycles. The largest absolute Gasteiger partial charge is 0.457 e. The first kappa shape index (κ1) is 12.2. The van der Waals surface area contributed by atoms with Crippen molar-refractivity contribution in [2.45, 2.75) is 0 Å². The molecule has 0 aliphatic carbocycles. The first-order valence-corrected chi connectivity index (χ1v) is 7.06. The minimum absolute atomic E-state index is 0.695. The second-order valence-electron chi connectivity index (χ2n) is 3.93. The first-order chi connectivity index (χ1) is 9.33. The van der Waals surface area contributed by atoms with Crippen molar-refractivity contribution >= 4 is 22.9 Å². The van der Waals surface area contributed by atoms with Gasteiger partial charge < -0.3 is 4.74 Å². The van der Waals surface area contributed by atoms with E-state index in [1.165, 1.54) is 0 Å². The highest BCUT2D eigenvalue weighted by molar-refractivity contribution is 7.07. The Morgan fingerprint density at radius 2 is 1.79 bits per heavy atom. The highest BCUT2D eigenvalue weighted by Gasteiger charge is 2.08. The average molecular weight is 288 g/mol. The summed E-state index contributed by atoms with van der Waals surface area (Å²) in [6, 6.07) is 15.2. The van der Waals surface area contributed by atoms with E-state index < -0.39 is 0 Å². The Balaban J connectivity index is 1.95. The molecular weight excluding hydrogens is 278 g/mol. The van der Waals surface area contributed by atoms with Gasteiger partial charge in [-0.25, -0.2) is 4.98 Å². The maximum absolute atomic E-state index is 5.89. The summed E-state index contributed by atoms with van der Waals surface area (Å²) in [7, 11) is 0. The maximum atomic E-state index is 5.89. The van der Waals surface area contributed by atoms with Crippen LogP contribution >= 0.6 is 22.9 Å². The van der Waals surface area contributed by atoms with Crippen molar-refractivity contribution in [3.05, 3.63) is 64.4 Å². The zero-order valence-electron chi connectivity index (χ0n) is 9.92. The molecule has 0 fully saturated rings. The summed E-state index contributed by atoms with van der Waals surface area (Å²) in [4.78, 5) is 4.32. The lowest BCUT2D eigenvalue weighted by Gasteiger charge is -2.09. The summed E-state index contributed by atoms with van der Waals surface area (Å²) in [5.41, 5.74) is 3.72. The molecule has 19 heavy (non-hydrogen) atoms. The number of rotatable bonds is 3. The van der Waals surface area contributed by atoms with Crippen molar-refractivity contribution in [2.75, 3.05) is 0 Å². The molecule has 0 aliphatic rings. The van der Waals surface area contributed by atoms with Crippen LogP contribution in [0.4, 0.5) is 0 Å². The zero-order chi connectivity index (χ0) is 13.1. The van der Waals surface area contributed by atoms with Gasteiger partial charge in [-0.15, -0.1) is 11.3 Å². The van der Waals surface area contributed by atoms with Crippen molar-refractivity contribution in [2.24, 2.45) is 0 Å². The Bertz CT molecular complexity index is 665. The Morgan fingerprint density at radius 1 is 1.00 bits per heavy atom. The van der Waals surface area contributed by atoms with Crippen LogP contribution in [-0.4, -0.2) is 4.98 Å². The Kier molecular flexibility index (Phi) is 3.49. The van der Waals surface area contributed by atoms with Gasteiger partial charge in [0.1, 0.15) is 11.5 Å². The van der Waals surface area contributed by atoms with E-state index >= 15 is 0 Å². The van der Waals surface area contributed by atoms with E-state index in [2.05, 4.69) is 4.98 Å². The molecule has 4 heteroatoms. The molecule has 3 rings (SSSR count). The topological polar surface area (TPSA) is 22.1 Å². The molecule has 0 bridgehead atoms. The van der Waals surface area contributed by atoms with Gasteiger partial charge in [0.25, 0.3) is 0 Å². The second kappa shape index (κ2) is 5.43. The van der Waals surface area contributed by atoms with E-state index in [0.717, 1.165) is 22.8 Å². The molecule has 0 saturated heterocycles. The van der Waals surface area contributed by atoms with Crippen molar-refractivity contribution in [3.8, 4) is 22.8 Å². The molecule has 94 valence electrons. The number of nitrogens with zero attached hydrogens (tertiary/aromatic N) is 1. The highest BCUT2D eigenvalue weighted by Crippen LogP contribution is 2.33. The summed E-state index contributed by atoms with van der Waals surface area (Å²) in [5, 5.41) is 2.70. The number of halogens is 1. The van der Waals surface area contributed by atoms with Crippen LogP contribution in [0.5, 0.6) is 11.5 Å². The molecule has 0 saturated carbocycles. The number of hydrogen-bond donors (Lipinski definition) is 0. The van der Waals surface area contributed by atoms with E-state index in [-0.39, 0.29) is 0 Å². The lowest BCUT2D eigenvalue weighted by molar-refractivity contribution is 0.484. The van der Waals surface area contributed by atoms with Crippen LogP contribution in [0, 0.1) is 0 Å². The monoisotopic (exact) mass is 287 g/mol. The number of ether oxygens (including phenoxy) is 1. The number of para-hydroxylation sites is 1. The van der Waals surface area contributed by atoms with Gasteiger partial charge in [-0.05, 0) is 36.4 Å². The van der Waals surface area contributed by atoms with Crippen LogP contribution in [0.25, 0.3) is 11.3 Å². The number of hydrogen-bond acceptors (Lipinski definition) is 3. The van der Waals surface area contributed by atoms with Crippen LogP contribution in [0.2, 0.25) is 5.02 Å². The predicted octanol–water partition coefficient (Wildman–Crippen LogP) is 5.26. The average Bonchev–Trinajstić information content (AvgIpc) is 2.96. The lowest BCUT2D eigenvalue weighted by Crippen LogP contribution is -1.88. The molecule has 0 radical (unpaired) electrons. The summed E-state index contributed by atoms with van der Waals surface area (Å²) >= 11 is 7.43. The first-order valence-electron chi connectivity index (χ1n) is 5.74. The van der Waals surface area contributed by atoms with Crippen molar-refractivity contribution in [1.82, 2.24) is 4.98 Å². The molecule has 1 aromatic heterocycles. The number of benzene rings is 2. The van der Waals surface area contributed by atoms with Gasteiger partial charge in [-0.3, -0.25) is 0 Å². The van der Waals surface area contributed by atoms with Gasteiger partial charge in [0.15, 0.2) is 0 Å². The molecule has 3 aromatic rings. The normalized spacial score (nSPS) is 10.4. The van der Waals surface area contributed by atoms with E-state index in [1.54, 1.807) is 11.3 Å². The summed E-state index contributed by atoms with van der Waals surface area (Å²) < 4.78 is 5.89. The Morgan fingerprint density at radius 3 is 2.53 bits per heavy atom. The second-order valence-corrected chi connectivity index (χ2v) is 5.08. The summed E-state index contributed by atoms with van der Waals surface area (Å²) in [5.74, 6) is 1.54. The molecule has 0 N–H and O–H groups in total. The standard InChI is InChI=1S/C15H10ClNOS/c16-11-5-7-12(8-6-11)18-15-4-2-1-3-13(15)14-9-19-10-17-14/h1-10H. The lowest BCUT2D eigenvalue weighted by atomic mass is 10.1. The number of aromatic nitrogens is 1. The van der Waals surface area contributed by atoms with Gasteiger partial charge >= 0.3 is 0 Å². The molecule has 2 nitrogen and oxygen atoms in total. The molecule has 1 heterocycles. The van der Waals surface area contributed by atoms with E-state index in [0.29, 0.717) is 5.02 Å². The quantitative estimate of drug-likeness (QED) is 0.656. The fourth-order valence-corrected chi connectivity index (χ4v) is 2.42. The minimum atomic E-state index is 0.695. The van der Waals surface area contributed by atoms with Crippen LogP contribution in [0.3, 0.4) is 0 Å². The number of thiazole rings is 1. The Hall–Kier alpha value is -1.84. The SMILES string of the molecule is Clc1ccc(Oc2ccccc2-c2cscn2)cc1. The molecular formula is C15H10ClNOS. The summed E-state index contributed by atoms with van der Waals surface area (Å²) in [6.07, 6.45) is 0. The van der Waals surface area contributed by atoms with E-state index in [1.807, 2.05) is 59.4 Å². The Labute approximate surface area is 120 Å². The van der Waals surface area contributed by atoms with Gasteiger partial charge in [0, 0.05) is 16.0 Å².